The zero-order chi connectivity index (χ0) is 21.7. The molecule has 0 radical (unpaired) electrons. The first-order valence-corrected chi connectivity index (χ1v) is 11.9. The summed E-state index contributed by atoms with van der Waals surface area (Å²) in [5, 5.41) is 11.7. The second-order valence-electron chi connectivity index (χ2n) is 7.72. The van der Waals surface area contributed by atoms with Crippen molar-refractivity contribution in [1.29, 1.82) is 0 Å². The summed E-state index contributed by atoms with van der Waals surface area (Å²) in [6.45, 7) is 0.482. The lowest BCUT2D eigenvalue weighted by Gasteiger charge is -2.20. The normalized spacial score (nSPS) is 12.7. The molecule has 1 aromatic carbocycles. The van der Waals surface area contributed by atoms with Gasteiger partial charge in [-0.3, -0.25) is 9.59 Å². The molecule has 0 unspecified atom stereocenters. The van der Waals surface area contributed by atoms with Gasteiger partial charge in [-0.25, -0.2) is 8.42 Å². The fraction of sp³-hybridized carbons (Fsp3) is 0.619. The number of sulfone groups is 1. The molecule has 0 aliphatic carbocycles. The Morgan fingerprint density at radius 1 is 1.03 bits per heavy atom. The van der Waals surface area contributed by atoms with Crippen LogP contribution in [-0.4, -0.2) is 62.7 Å². The van der Waals surface area contributed by atoms with Crippen molar-refractivity contribution >= 4 is 21.7 Å². The van der Waals surface area contributed by atoms with Gasteiger partial charge in [0.05, 0.1) is 24.0 Å². The van der Waals surface area contributed by atoms with E-state index in [1.165, 1.54) is 0 Å². The highest BCUT2D eigenvalue weighted by molar-refractivity contribution is 7.90. The summed E-state index contributed by atoms with van der Waals surface area (Å²) in [6, 6.07) is 8.79. The van der Waals surface area contributed by atoms with Crippen LogP contribution in [-0.2, 0) is 25.2 Å². The van der Waals surface area contributed by atoms with Crippen molar-refractivity contribution in [3.63, 3.8) is 0 Å². The minimum atomic E-state index is -3.09. The molecule has 0 saturated carbocycles. The number of carbonyl (C=O) groups is 2. The molecule has 29 heavy (non-hydrogen) atoms. The quantitative estimate of drug-likeness (QED) is 0.418. The van der Waals surface area contributed by atoms with E-state index in [9.17, 15) is 18.0 Å². The minimum absolute atomic E-state index is 0.0818. The lowest BCUT2D eigenvalue weighted by molar-refractivity contribution is -0.137. The minimum Gasteiger partial charge on any atom is -0.481 e. The second kappa shape index (κ2) is 13.3. The van der Waals surface area contributed by atoms with E-state index in [-0.39, 0.29) is 23.8 Å². The number of aliphatic carboxylic acids is 1. The predicted octanol–water partition coefficient (Wildman–Crippen LogP) is 2.46. The van der Waals surface area contributed by atoms with Gasteiger partial charge in [0, 0.05) is 13.0 Å². The van der Waals surface area contributed by atoms with Gasteiger partial charge in [0.2, 0.25) is 5.91 Å². The number of hydrogen-bond acceptors (Lipinski definition) is 5. The molecule has 164 valence electrons. The Hall–Kier alpha value is -1.93. The molecular formula is C21H34N2O5S. The van der Waals surface area contributed by atoms with Crippen LogP contribution in [0.2, 0.25) is 0 Å². The van der Waals surface area contributed by atoms with Crippen LogP contribution in [0.15, 0.2) is 30.3 Å². The van der Waals surface area contributed by atoms with Crippen LogP contribution in [0.3, 0.4) is 0 Å². The Labute approximate surface area is 174 Å². The van der Waals surface area contributed by atoms with Crippen molar-refractivity contribution in [2.45, 2.75) is 56.7 Å². The smallest absolute Gasteiger partial charge is 0.305 e. The number of nitrogens with one attached hydrogen (secondary N) is 1. The number of unbranched alkanes of at least 4 members (excludes halogenated alkanes) is 4. The summed E-state index contributed by atoms with van der Waals surface area (Å²) in [4.78, 5) is 24.7. The highest BCUT2D eigenvalue weighted by Crippen LogP contribution is 2.11. The number of amides is 1. The van der Waals surface area contributed by atoms with Gasteiger partial charge in [0.25, 0.3) is 0 Å². The topological polar surface area (TPSA) is 104 Å². The standard InChI is InChI=1S/C21H34N2O5S/c1-23(2)16-19(15-21(25)26)22-20(24)13-9-4-3-5-10-14-29(27,28)17-18-11-7-6-8-12-18/h6-8,11-12,19H,3-5,9-10,13-17H2,1-2H3,(H,22,24)(H,25,26)/t19-/m1/s1. The zero-order valence-electron chi connectivity index (χ0n) is 17.5. The summed E-state index contributed by atoms with van der Waals surface area (Å²) in [7, 11) is 0.578. The molecule has 0 spiro atoms. The molecule has 8 heteroatoms. The largest absolute Gasteiger partial charge is 0.481 e. The number of hydrogen-bond donors (Lipinski definition) is 2. The van der Waals surface area contributed by atoms with E-state index in [2.05, 4.69) is 5.32 Å². The fourth-order valence-electron chi connectivity index (χ4n) is 3.15. The Kier molecular flexibility index (Phi) is 11.5. The predicted molar refractivity (Wildman–Crippen MR) is 114 cm³/mol. The van der Waals surface area contributed by atoms with Gasteiger partial charge in [-0.2, -0.15) is 0 Å². The third-order valence-corrected chi connectivity index (χ3v) is 6.14. The monoisotopic (exact) mass is 426 g/mol. The Morgan fingerprint density at radius 3 is 2.28 bits per heavy atom. The maximum atomic E-state index is 12.1. The third-order valence-electron chi connectivity index (χ3n) is 4.46. The molecular weight excluding hydrogens is 392 g/mol. The fourth-order valence-corrected chi connectivity index (χ4v) is 4.64. The van der Waals surface area contributed by atoms with E-state index in [1.54, 1.807) is 0 Å². The van der Waals surface area contributed by atoms with Crippen LogP contribution in [0, 0.1) is 0 Å². The number of rotatable bonds is 15. The molecule has 0 aromatic heterocycles. The SMILES string of the molecule is CN(C)C[C@@H](CC(=O)O)NC(=O)CCCCCCCS(=O)(=O)Cc1ccccc1. The summed E-state index contributed by atoms with van der Waals surface area (Å²) >= 11 is 0. The highest BCUT2D eigenvalue weighted by Gasteiger charge is 2.16. The molecule has 0 bridgehead atoms. The molecule has 7 nitrogen and oxygen atoms in total. The van der Waals surface area contributed by atoms with E-state index in [4.69, 9.17) is 5.11 Å². The zero-order valence-corrected chi connectivity index (χ0v) is 18.3. The lowest BCUT2D eigenvalue weighted by atomic mass is 10.1. The Bertz CT molecular complexity index is 720. The van der Waals surface area contributed by atoms with Crippen LogP contribution in [0.5, 0.6) is 0 Å². The van der Waals surface area contributed by atoms with Crippen molar-refractivity contribution in [3.8, 4) is 0 Å². The van der Waals surface area contributed by atoms with Crippen molar-refractivity contribution in [2.24, 2.45) is 0 Å². The molecule has 1 atom stereocenters. The summed E-state index contributed by atoms with van der Waals surface area (Å²) in [5.41, 5.74) is 0.814. The van der Waals surface area contributed by atoms with Gasteiger partial charge in [-0.05, 0) is 32.5 Å². The maximum Gasteiger partial charge on any atom is 0.305 e. The van der Waals surface area contributed by atoms with Gasteiger partial charge in [0.15, 0.2) is 9.84 Å². The number of nitrogens with zero attached hydrogens (tertiary/aromatic N) is 1. The van der Waals surface area contributed by atoms with Crippen molar-refractivity contribution in [2.75, 3.05) is 26.4 Å². The molecule has 2 N–H and O–H groups in total. The number of carboxylic acid groups (broad SMARTS) is 1. The molecule has 0 aliphatic heterocycles. The van der Waals surface area contributed by atoms with Crippen molar-refractivity contribution in [3.05, 3.63) is 35.9 Å². The van der Waals surface area contributed by atoms with E-state index in [1.807, 2.05) is 49.3 Å². The average Bonchev–Trinajstić information content (AvgIpc) is 2.60. The van der Waals surface area contributed by atoms with Crippen LogP contribution in [0.1, 0.15) is 50.5 Å². The van der Waals surface area contributed by atoms with Gasteiger partial charge >= 0.3 is 5.97 Å². The Balaban J connectivity index is 2.16. The van der Waals surface area contributed by atoms with Gasteiger partial charge in [-0.15, -0.1) is 0 Å². The molecule has 1 rings (SSSR count). The van der Waals surface area contributed by atoms with E-state index in [0.717, 1.165) is 24.8 Å². The Morgan fingerprint density at radius 2 is 1.66 bits per heavy atom. The van der Waals surface area contributed by atoms with Gasteiger partial charge < -0.3 is 15.3 Å². The molecule has 1 aromatic rings. The summed E-state index contributed by atoms with van der Waals surface area (Å²) in [6.07, 6.45) is 4.15. The van der Waals surface area contributed by atoms with Crippen LogP contribution in [0.4, 0.5) is 0 Å². The molecule has 0 aliphatic rings. The molecule has 0 fully saturated rings. The van der Waals surface area contributed by atoms with Gasteiger partial charge in [-0.1, -0.05) is 49.6 Å². The van der Waals surface area contributed by atoms with Crippen molar-refractivity contribution < 1.29 is 23.1 Å². The third kappa shape index (κ3) is 13.0. The number of carboxylic acids is 1. The average molecular weight is 427 g/mol. The second-order valence-corrected chi connectivity index (χ2v) is 9.90. The summed E-state index contributed by atoms with van der Waals surface area (Å²) < 4.78 is 24.3. The van der Waals surface area contributed by atoms with Crippen molar-refractivity contribution in [1.82, 2.24) is 10.2 Å². The van der Waals surface area contributed by atoms with E-state index < -0.39 is 21.8 Å². The molecule has 0 heterocycles. The van der Waals surface area contributed by atoms with E-state index in [0.29, 0.717) is 25.8 Å². The summed E-state index contributed by atoms with van der Waals surface area (Å²) in [5.74, 6) is -0.801. The number of carbonyl (C=O) groups excluding carboxylic acids is 1. The first-order valence-electron chi connectivity index (χ1n) is 10.1. The number of benzene rings is 1. The first-order chi connectivity index (χ1) is 13.7. The van der Waals surface area contributed by atoms with Crippen LogP contribution < -0.4 is 5.32 Å². The maximum absolute atomic E-state index is 12.1. The van der Waals surface area contributed by atoms with Crippen LogP contribution in [0.25, 0.3) is 0 Å². The van der Waals surface area contributed by atoms with Gasteiger partial charge in [0.1, 0.15) is 0 Å². The van der Waals surface area contributed by atoms with E-state index >= 15 is 0 Å². The molecule has 0 saturated heterocycles. The molecule has 1 amide bonds. The first kappa shape index (κ1) is 25.1. The highest BCUT2D eigenvalue weighted by atomic mass is 32.2. The number of likely N-dealkylation sites (N-methyl/N-ethyl adjacent to an activating group) is 1. The lowest BCUT2D eigenvalue weighted by Crippen LogP contribution is -2.42. The van der Waals surface area contributed by atoms with Crippen LogP contribution >= 0.6 is 0 Å².